The summed E-state index contributed by atoms with van der Waals surface area (Å²) < 4.78 is 12.3. The van der Waals surface area contributed by atoms with Crippen LogP contribution in [0.4, 0.5) is 0 Å². The second kappa shape index (κ2) is 7.47. The maximum atomic E-state index is 12.7. The Hall–Kier alpha value is -3.02. The van der Waals surface area contributed by atoms with Crippen LogP contribution in [-0.2, 0) is 4.79 Å². The van der Waals surface area contributed by atoms with Crippen molar-refractivity contribution >= 4 is 17.0 Å². The molecule has 1 amide bonds. The lowest BCUT2D eigenvalue weighted by molar-refractivity contribution is -0.133. The van der Waals surface area contributed by atoms with Crippen molar-refractivity contribution in [1.82, 2.24) is 9.47 Å². The van der Waals surface area contributed by atoms with Gasteiger partial charge in [-0.15, -0.1) is 0 Å². The summed E-state index contributed by atoms with van der Waals surface area (Å²) in [5, 5.41) is 0. The van der Waals surface area contributed by atoms with Crippen LogP contribution in [0, 0.1) is 6.92 Å². The highest BCUT2D eigenvalue weighted by Crippen LogP contribution is 2.18. The SMILES string of the molecule is Cc1ccccc1OCCN(C)C(=O)[C@@H](C)n1c(=O)oc2ccccc21. The fourth-order valence-electron chi connectivity index (χ4n) is 2.90. The highest BCUT2D eigenvalue weighted by Gasteiger charge is 2.23. The van der Waals surface area contributed by atoms with Crippen LogP contribution < -0.4 is 10.5 Å². The van der Waals surface area contributed by atoms with Gasteiger partial charge in [-0.05, 0) is 37.6 Å². The lowest BCUT2D eigenvalue weighted by Crippen LogP contribution is -2.38. The number of hydrogen-bond donors (Lipinski definition) is 0. The Morgan fingerprint density at radius 3 is 2.65 bits per heavy atom. The van der Waals surface area contributed by atoms with Gasteiger partial charge in [0.2, 0.25) is 5.91 Å². The van der Waals surface area contributed by atoms with Crippen LogP contribution >= 0.6 is 0 Å². The van der Waals surface area contributed by atoms with E-state index in [0.717, 1.165) is 11.3 Å². The largest absolute Gasteiger partial charge is 0.491 e. The summed E-state index contributed by atoms with van der Waals surface area (Å²) in [6.45, 7) is 4.47. The van der Waals surface area contributed by atoms with Gasteiger partial charge in [-0.3, -0.25) is 9.36 Å². The third kappa shape index (κ3) is 3.49. The number of nitrogens with zero attached hydrogens (tertiary/aromatic N) is 2. The number of rotatable bonds is 6. The Morgan fingerprint density at radius 1 is 1.19 bits per heavy atom. The summed E-state index contributed by atoms with van der Waals surface area (Å²) in [6.07, 6.45) is 0. The van der Waals surface area contributed by atoms with Crippen LogP contribution in [-0.4, -0.2) is 35.6 Å². The fraction of sp³-hybridized carbons (Fsp3) is 0.300. The molecule has 0 saturated heterocycles. The first-order valence-electron chi connectivity index (χ1n) is 8.52. The van der Waals surface area contributed by atoms with E-state index in [1.165, 1.54) is 4.57 Å². The van der Waals surface area contributed by atoms with Gasteiger partial charge in [-0.1, -0.05) is 30.3 Å². The molecule has 136 valence electrons. The number of fused-ring (bicyclic) bond motifs is 1. The number of likely N-dealkylation sites (N-methyl/N-ethyl adjacent to an activating group) is 1. The van der Waals surface area contributed by atoms with Crippen LogP contribution in [0.1, 0.15) is 18.5 Å². The van der Waals surface area contributed by atoms with E-state index in [4.69, 9.17) is 9.15 Å². The van der Waals surface area contributed by atoms with Crippen molar-refractivity contribution in [2.45, 2.75) is 19.9 Å². The molecule has 26 heavy (non-hydrogen) atoms. The standard InChI is InChI=1S/C20H22N2O4/c1-14-8-4-6-10-17(14)25-13-12-21(3)19(23)15(2)22-16-9-5-7-11-18(16)26-20(22)24/h4-11,15H,12-13H2,1-3H3/t15-/m1/s1. The average molecular weight is 354 g/mol. The van der Waals surface area contributed by atoms with E-state index < -0.39 is 11.8 Å². The first-order chi connectivity index (χ1) is 12.5. The summed E-state index contributed by atoms with van der Waals surface area (Å²) >= 11 is 0. The van der Waals surface area contributed by atoms with Gasteiger partial charge in [0.15, 0.2) is 5.58 Å². The van der Waals surface area contributed by atoms with E-state index >= 15 is 0 Å². The minimum Gasteiger partial charge on any atom is -0.491 e. The molecule has 3 rings (SSSR count). The molecule has 0 saturated carbocycles. The summed E-state index contributed by atoms with van der Waals surface area (Å²) in [4.78, 5) is 26.4. The molecule has 0 unspecified atom stereocenters. The molecule has 0 spiro atoms. The number of aromatic nitrogens is 1. The van der Waals surface area contributed by atoms with Gasteiger partial charge in [0, 0.05) is 7.05 Å². The summed E-state index contributed by atoms with van der Waals surface area (Å²) in [5.74, 6) is 0.0992. The molecule has 6 heteroatoms. The first-order valence-corrected chi connectivity index (χ1v) is 8.52. The molecule has 0 fully saturated rings. The topological polar surface area (TPSA) is 64.7 Å². The Labute approximate surface area is 151 Å². The minimum atomic E-state index is -0.658. The van der Waals surface area contributed by atoms with E-state index in [1.807, 2.05) is 37.3 Å². The zero-order chi connectivity index (χ0) is 18.7. The summed E-state index contributed by atoms with van der Waals surface area (Å²) in [6, 6.07) is 14.2. The predicted octanol–water partition coefficient (Wildman–Crippen LogP) is 3.00. The Morgan fingerprint density at radius 2 is 1.88 bits per heavy atom. The number of benzene rings is 2. The predicted molar refractivity (Wildman–Crippen MR) is 99.5 cm³/mol. The van der Waals surface area contributed by atoms with Crippen molar-refractivity contribution in [2.75, 3.05) is 20.2 Å². The van der Waals surface area contributed by atoms with Gasteiger partial charge in [0.05, 0.1) is 12.1 Å². The Balaban J connectivity index is 1.67. The molecular weight excluding hydrogens is 332 g/mol. The summed E-state index contributed by atoms with van der Waals surface area (Å²) in [5.41, 5.74) is 2.14. The molecular formula is C20H22N2O4. The Kier molecular flexibility index (Phi) is 5.11. The van der Waals surface area contributed by atoms with Crippen LogP contribution in [0.25, 0.3) is 11.1 Å². The van der Waals surface area contributed by atoms with Crippen LogP contribution in [0.2, 0.25) is 0 Å². The molecule has 1 atom stereocenters. The van der Waals surface area contributed by atoms with Crippen LogP contribution in [0.5, 0.6) is 5.75 Å². The number of carbonyl (C=O) groups is 1. The maximum absolute atomic E-state index is 12.7. The van der Waals surface area contributed by atoms with Crippen molar-refractivity contribution in [1.29, 1.82) is 0 Å². The second-order valence-corrected chi connectivity index (χ2v) is 6.26. The highest BCUT2D eigenvalue weighted by molar-refractivity contribution is 5.82. The zero-order valence-corrected chi connectivity index (χ0v) is 15.1. The van der Waals surface area contributed by atoms with E-state index in [2.05, 4.69) is 0 Å². The third-order valence-electron chi connectivity index (χ3n) is 4.42. The number of hydrogen-bond acceptors (Lipinski definition) is 4. The number of para-hydroxylation sites is 3. The smallest absolute Gasteiger partial charge is 0.420 e. The van der Waals surface area contributed by atoms with Crippen molar-refractivity contribution in [2.24, 2.45) is 0 Å². The minimum absolute atomic E-state index is 0.174. The van der Waals surface area contributed by atoms with Crippen molar-refractivity contribution < 1.29 is 13.9 Å². The van der Waals surface area contributed by atoms with Crippen LogP contribution in [0.3, 0.4) is 0 Å². The van der Waals surface area contributed by atoms with E-state index in [-0.39, 0.29) is 5.91 Å². The number of aryl methyl sites for hydroxylation is 1. The molecule has 6 nitrogen and oxygen atoms in total. The van der Waals surface area contributed by atoms with Crippen LogP contribution in [0.15, 0.2) is 57.7 Å². The zero-order valence-electron chi connectivity index (χ0n) is 15.1. The second-order valence-electron chi connectivity index (χ2n) is 6.26. The van der Waals surface area contributed by atoms with Gasteiger partial charge in [-0.25, -0.2) is 4.79 Å². The summed E-state index contributed by atoms with van der Waals surface area (Å²) in [7, 11) is 1.70. The molecule has 0 aliphatic rings. The van der Waals surface area contributed by atoms with E-state index in [9.17, 15) is 9.59 Å². The highest BCUT2D eigenvalue weighted by atomic mass is 16.5. The number of carbonyl (C=O) groups excluding carboxylic acids is 1. The first kappa shape index (κ1) is 17.8. The molecule has 1 aromatic heterocycles. The molecule has 0 bridgehead atoms. The number of ether oxygens (including phenoxy) is 1. The van der Waals surface area contributed by atoms with Crippen molar-refractivity contribution in [3.05, 3.63) is 64.6 Å². The monoisotopic (exact) mass is 354 g/mol. The average Bonchev–Trinajstić information content (AvgIpc) is 2.97. The fourth-order valence-corrected chi connectivity index (χ4v) is 2.90. The number of amides is 1. The van der Waals surface area contributed by atoms with E-state index in [0.29, 0.717) is 24.3 Å². The van der Waals surface area contributed by atoms with E-state index in [1.54, 1.807) is 37.1 Å². The van der Waals surface area contributed by atoms with Gasteiger partial charge in [-0.2, -0.15) is 0 Å². The Bertz CT molecular complexity index is 973. The lowest BCUT2D eigenvalue weighted by Gasteiger charge is -2.22. The molecule has 1 heterocycles. The molecule has 0 aliphatic heterocycles. The maximum Gasteiger partial charge on any atom is 0.420 e. The van der Waals surface area contributed by atoms with Crippen molar-refractivity contribution in [3.8, 4) is 5.75 Å². The molecule has 0 N–H and O–H groups in total. The molecule has 0 radical (unpaired) electrons. The van der Waals surface area contributed by atoms with Gasteiger partial charge in [0.25, 0.3) is 0 Å². The van der Waals surface area contributed by atoms with Gasteiger partial charge >= 0.3 is 5.76 Å². The third-order valence-corrected chi connectivity index (χ3v) is 4.42. The molecule has 0 aliphatic carbocycles. The lowest BCUT2D eigenvalue weighted by atomic mass is 10.2. The normalized spacial score (nSPS) is 12.1. The molecule has 3 aromatic rings. The van der Waals surface area contributed by atoms with Crippen molar-refractivity contribution in [3.63, 3.8) is 0 Å². The number of oxazole rings is 1. The van der Waals surface area contributed by atoms with Gasteiger partial charge in [0.1, 0.15) is 18.4 Å². The molecule has 2 aromatic carbocycles. The quantitative estimate of drug-likeness (QED) is 0.683. The van der Waals surface area contributed by atoms with Gasteiger partial charge < -0.3 is 14.1 Å².